The van der Waals surface area contributed by atoms with Gasteiger partial charge in [0.2, 0.25) is 0 Å². The molecule has 0 amide bonds. The van der Waals surface area contributed by atoms with Crippen molar-refractivity contribution in [2.45, 2.75) is 13.2 Å². The minimum atomic E-state index is 0.644. The van der Waals surface area contributed by atoms with Gasteiger partial charge >= 0.3 is 0 Å². The number of aromatic amines is 1. The molecule has 20 heavy (non-hydrogen) atoms. The summed E-state index contributed by atoms with van der Waals surface area (Å²) in [7, 11) is 1.71. The van der Waals surface area contributed by atoms with Gasteiger partial charge in [0.25, 0.3) is 0 Å². The van der Waals surface area contributed by atoms with Gasteiger partial charge in [-0.3, -0.25) is 5.10 Å². The van der Waals surface area contributed by atoms with E-state index in [0.29, 0.717) is 6.61 Å². The summed E-state index contributed by atoms with van der Waals surface area (Å²) in [5.74, 6) is 0. The highest BCUT2D eigenvalue weighted by atomic mass is 16.5. The molecule has 0 bridgehead atoms. The molecule has 4 nitrogen and oxygen atoms in total. The van der Waals surface area contributed by atoms with Crippen molar-refractivity contribution in [3.05, 3.63) is 59.8 Å². The molecule has 0 saturated carbocycles. The van der Waals surface area contributed by atoms with Gasteiger partial charge in [0, 0.05) is 24.7 Å². The van der Waals surface area contributed by atoms with Crippen molar-refractivity contribution < 1.29 is 4.74 Å². The largest absolute Gasteiger partial charge is 0.380 e. The van der Waals surface area contributed by atoms with E-state index in [-0.39, 0.29) is 0 Å². The molecule has 0 unspecified atom stereocenters. The van der Waals surface area contributed by atoms with Crippen LogP contribution >= 0.6 is 0 Å². The first-order valence-electron chi connectivity index (χ1n) is 6.59. The fraction of sp³-hybridized carbons (Fsp3) is 0.188. The second kappa shape index (κ2) is 5.75. The Kier molecular flexibility index (Phi) is 3.65. The summed E-state index contributed by atoms with van der Waals surface area (Å²) in [6.07, 6.45) is 1.85. The predicted octanol–water partition coefficient (Wildman–Crippen LogP) is 3.32. The third-order valence-electron chi connectivity index (χ3n) is 3.27. The van der Waals surface area contributed by atoms with Gasteiger partial charge in [-0.15, -0.1) is 0 Å². The number of nitrogens with one attached hydrogen (secondary N) is 2. The van der Waals surface area contributed by atoms with Crippen LogP contribution in [-0.4, -0.2) is 17.3 Å². The molecule has 0 saturated heterocycles. The molecule has 3 rings (SSSR count). The monoisotopic (exact) mass is 267 g/mol. The topological polar surface area (TPSA) is 49.9 Å². The molecule has 0 spiro atoms. The van der Waals surface area contributed by atoms with Gasteiger partial charge in [-0.25, -0.2) is 0 Å². The summed E-state index contributed by atoms with van der Waals surface area (Å²) in [6.45, 7) is 1.42. The summed E-state index contributed by atoms with van der Waals surface area (Å²) in [5, 5.41) is 11.6. The maximum Gasteiger partial charge on any atom is 0.0713 e. The Hall–Kier alpha value is -2.33. The van der Waals surface area contributed by atoms with Gasteiger partial charge in [0.1, 0.15) is 0 Å². The van der Waals surface area contributed by atoms with E-state index in [9.17, 15) is 0 Å². The molecule has 3 aromatic rings. The fourth-order valence-electron chi connectivity index (χ4n) is 2.32. The molecule has 1 aromatic heterocycles. The van der Waals surface area contributed by atoms with Gasteiger partial charge in [0.15, 0.2) is 0 Å². The molecule has 0 radical (unpaired) electrons. The summed E-state index contributed by atoms with van der Waals surface area (Å²) in [5.41, 5.74) is 4.56. The Morgan fingerprint density at radius 2 is 2.00 bits per heavy atom. The van der Waals surface area contributed by atoms with Crippen LogP contribution in [-0.2, 0) is 17.9 Å². The zero-order chi connectivity index (χ0) is 13.8. The standard InChI is InChI=1S/C16H17N3O/c1-20-11-13-5-2-4-12(8-13)9-17-15-6-3-7-16-14(15)10-18-19-16/h2-8,10,17H,9,11H2,1H3,(H,18,19). The number of methoxy groups -OCH3 is 1. The van der Waals surface area contributed by atoms with E-state index in [1.165, 1.54) is 11.1 Å². The lowest BCUT2D eigenvalue weighted by atomic mass is 10.1. The summed E-state index contributed by atoms with van der Waals surface area (Å²) in [6, 6.07) is 14.5. The fourth-order valence-corrected chi connectivity index (χ4v) is 2.32. The lowest BCUT2D eigenvalue weighted by Crippen LogP contribution is -2.00. The first-order chi connectivity index (χ1) is 9.86. The first kappa shape index (κ1) is 12.7. The Balaban J connectivity index is 1.76. The summed E-state index contributed by atoms with van der Waals surface area (Å²) >= 11 is 0. The van der Waals surface area contributed by atoms with E-state index in [1.54, 1.807) is 7.11 Å². The number of fused-ring (bicyclic) bond motifs is 1. The lowest BCUT2D eigenvalue weighted by molar-refractivity contribution is 0.185. The second-order valence-electron chi connectivity index (χ2n) is 4.74. The summed E-state index contributed by atoms with van der Waals surface area (Å²) < 4.78 is 5.16. The van der Waals surface area contributed by atoms with Gasteiger partial charge in [0.05, 0.1) is 18.3 Å². The number of anilines is 1. The number of hydrogen-bond donors (Lipinski definition) is 2. The van der Waals surface area contributed by atoms with Crippen LogP contribution < -0.4 is 5.32 Å². The SMILES string of the molecule is COCc1cccc(CNc2cccc3[nH]ncc23)c1. The molecular formula is C16H17N3O. The maximum atomic E-state index is 5.16. The highest BCUT2D eigenvalue weighted by Gasteiger charge is 2.02. The quantitative estimate of drug-likeness (QED) is 0.745. The van der Waals surface area contributed by atoms with Gasteiger partial charge in [-0.2, -0.15) is 5.10 Å². The van der Waals surface area contributed by atoms with Crippen molar-refractivity contribution in [3.63, 3.8) is 0 Å². The van der Waals surface area contributed by atoms with Crippen molar-refractivity contribution in [3.8, 4) is 0 Å². The lowest BCUT2D eigenvalue weighted by Gasteiger charge is -2.09. The van der Waals surface area contributed by atoms with Crippen molar-refractivity contribution >= 4 is 16.6 Å². The van der Waals surface area contributed by atoms with Crippen LogP contribution in [0.5, 0.6) is 0 Å². The highest BCUT2D eigenvalue weighted by molar-refractivity contribution is 5.90. The van der Waals surface area contributed by atoms with Crippen molar-refractivity contribution in [1.82, 2.24) is 10.2 Å². The molecule has 2 N–H and O–H groups in total. The average Bonchev–Trinajstić information content (AvgIpc) is 2.95. The first-order valence-corrected chi connectivity index (χ1v) is 6.59. The van der Waals surface area contributed by atoms with Crippen molar-refractivity contribution in [2.24, 2.45) is 0 Å². The second-order valence-corrected chi connectivity index (χ2v) is 4.74. The van der Waals surface area contributed by atoms with Crippen LogP contribution in [0.2, 0.25) is 0 Å². The van der Waals surface area contributed by atoms with Gasteiger partial charge < -0.3 is 10.1 Å². The van der Waals surface area contributed by atoms with E-state index in [2.05, 4.69) is 45.8 Å². The molecule has 0 aliphatic rings. The average molecular weight is 267 g/mol. The minimum absolute atomic E-state index is 0.644. The van der Waals surface area contributed by atoms with Crippen LogP contribution in [0.1, 0.15) is 11.1 Å². The zero-order valence-corrected chi connectivity index (χ0v) is 11.4. The van der Waals surface area contributed by atoms with Crippen LogP contribution in [0, 0.1) is 0 Å². The Morgan fingerprint density at radius 3 is 2.90 bits per heavy atom. The molecule has 4 heteroatoms. The molecule has 0 fully saturated rings. The highest BCUT2D eigenvalue weighted by Crippen LogP contribution is 2.21. The van der Waals surface area contributed by atoms with Crippen molar-refractivity contribution in [2.75, 3.05) is 12.4 Å². The van der Waals surface area contributed by atoms with E-state index < -0.39 is 0 Å². The normalized spacial score (nSPS) is 10.8. The van der Waals surface area contributed by atoms with Crippen LogP contribution in [0.3, 0.4) is 0 Å². The molecule has 0 aliphatic carbocycles. The van der Waals surface area contributed by atoms with Crippen LogP contribution in [0.25, 0.3) is 10.9 Å². The Labute approximate surface area is 117 Å². The summed E-state index contributed by atoms with van der Waals surface area (Å²) in [4.78, 5) is 0. The molecule has 0 aliphatic heterocycles. The Bertz CT molecular complexity index is 706. The number of hydrogen-bond acceptors (Lipinski definition) is 3. The smallest absolute Gasteiger partial charge is 0.0713 e. The van der Waals surface area contributed by atoms with Gasteiger partial charge in [-0.05, 0) is 23.3 Å². The number of rotatable bonds is 5. The number of nitrogens with zero attached hydrogens (tertiary/aromatic N) is 1. The molecule has 1 heterocycles. The number of ether oxygens (including phenoxy) is 1. The van der Waals surface area contributed by atoms with Crippen molar-refractivity contribution in [1.29, 1.82) is 0 Å². The van der Waals surface area contributed by atoms with Gasteiger partial charge in [-0.1, -0.05) is 30.3 Å². The molecule has 0 atom stereocenters. The number of H-pyrrole nitrogens is 1. The number of benzene rings is 2. The predicted molar refractivity (Wildman–Crippen MR) is 80.6 cm³/mol. The van der Waals surface area contributed by atoms with E-state index in [1.807, 2.05) is 18.3 Å². The third-order valence-corrected chi connectivity index (χ3v) is 3.27. The molecular weight excluding hydrogens is 250 g/mol. The van der Waals surface area contributed by atoms with E-state index in [4.69, 9.17) is 4.74 Å². The van der Waals surface area contributed by atoms with E-state index >= 15 is 0 Å². The van der Waals surface area contributed by atoms with Crippen LogP contribution in [0.4, 0.5) is 5.69 Å². The minimum Gasteiger partial charge on any atom is -0.380 e. The zero-order valence-electron chi connectivity index (χ0n) is 11.4. The molecule has 102 valence electrons. The van der Waals surface area contributed by atoms with Crippen LogP contribution in [0.15, 0.2) is 48.7 Å². The number of aromatic nitrogens is 2. The maximum absolute atomic E-state index is 5.16. The third kappa shape index (κ3) is 2.65. The molecule has 2 aromatic carbocycles. The Morgan fingerprint density at radius 1 is 1.15 bits per heavy atom. The van der Waals surface area contributed by atoms with E-state index in [0.717, 1.165) is 23.1 Å².